The smallest absolute Gasteiger partial charge is 0.0409 e. The van der Waals surface area contributed by atoms with Gasteiger partial charge in [0.2, 0.25) is 0 Å². The van der Waals surface area contributed by atoms with E-state index in [4.69, 9.17) is 11.6 Å². The molecule has 2 fully saturated rings. The number of benzene rings is 1. The zero-order valence-electron chi connectivity index (χ0n) is 13.2. The van der Waals surface area contributed by atoms with Gasteiger partial charge in [-0.3, -0.25) is 4.90 Å². The van der Waals surface area contributed by atoms with Gasteiger partial charge in [-0.25, -0.2) is 0 Å². The molecule has 0 spiro atoms. The summed E-state index contributed by atoms with van der Waals surface area (Å²) < 4.78 is 0. The highest BCUT2D eigenvalue weighted by Crippen LogP contribution is 2.41. The predicted molar refractivity (Wildman–Crippen MR) is 89.7 cm³/mol. The summed E-state index contributed by atoms with van der Waals surface area (Å²) in [5, 5.41) is 4.70. The van der Waals surface area contributed by atoms with Crippen LogP contribution in [0.4, 0.5) is 0 Å². The normalized spacial score (nSPS) is 30.5. The third-order valence-corrected chi connectivity index (χ3v) is 5.40. The summed E-state index contributed by atoms with van der Waals surface area (Å²) in [6.07, 6.45) is 5.31. The molecule has 0 aromatic heterocycles. The lowest BCUT2D eigenvalue weighted by molar-refractivity contribution is 0.0639. The molecule has 3 heteroatoms. The average Bonchev–Trinajstić information content (AvgIpc) is 3.27. The monoisotopic (exact) mass is 306 g/mol. The van der Waals surface area contributed by atoms with E-state index in [1.165, 1.54) is 31.2 Å². The lowest BCUT2D eigenvalue weighted by atomic mass is 9.89. The Balaban J connectivity index is 1.73. The van der Waals surface area contributed by atoms with Gasteiger partial charge >= 0.3 is 0 Å². The van der Waals surface area contributed by atoms with Gasteiger partial charge in [-0.05, 0) is 49.8 Å². The number of nitrogens with one attached hydrogen (secondary N) is 1. The van der Waals surface area contributed by atoms with Gasteiger partial charge in [-0.2, -0.15) is 0 Å². The first-order valence-electron chi connectivity index (χ1n) is 8.34. The molecule has 2 nitrogen and oxygen atoms in total. The molecule has 0 amide bonds. The molecular weight excluding hydrogens is 280 g/mol. The maximum Gasteiger partial charge on any atom is 0.0409 e. The van der Waals surface area contributed by atoms with E-state index in [2.05, 4.69) is 42.3 Å². The van der Waals surface area contributed by atoms with E-state index in [9.17, 15) is 0 Å². The molecule has 1 aromatic carbocycles. The molecule has 1 aromatic rings. The molecule has 2 unspecified atom stereocenters. The highest BCUT2D eigenvalue weighted by molar-refractivity contribution is 6.30. The number of nitrogens with zero attached hydrogens (tertiary/aromatic N) is 1. The summed E-state index contributed by atoms with van der Waals surface area (Å²) in [6.45, 7) is 8.01. The molecule has 116 valence electrons. The Kier molecular flexibility index (Phi) is 4.58. The topological polar surface area (TPSA) is 15.3 Å². The zero-order valence-corrected chi connectivity index (χ0v) is 14.0. The summed E-state index contributed by atoms with van der Waals surface area (Å²) in [5.41, 5.74) is 1.65. The van der Waals surface area contributed by atoms with Gasteiger partial charge in [0.05, 0.1) is 0 Å². The van der Waals surface area contributed by atoms with Crippen molar-refractivity contribution in [3.63, 3.8) is 0 Å². The first-order valence-corrected chi connectivity index (χ1v) is 8.72. The minimum absolute atomic E-state index is 0.308. The largest absolute Gasteiger partial charge is 0.308 e. The Labute approximate surface area is 133 Å². The molecule has 0 bridgehead atoms. The van der Waals surface area contributed by atoms with Crippen molar-refractivity contribution in [2.75, 3.05) is 13.1 Å². The van der Waals surface area contributed by atoms with Crippen molar-refractivity contribution in [2.24, 2.45) is 5.92 Å². The second-order valence-electron chi connectivity index (χ2n) is 7.05. The van der Waals surface area contributed by atoms with E-state index in [0.717, 1.165) is 30.6 Å². The van der Waals surface area contributed by atoms with Crippen LogP contribution in [0.1, 0.15) is 45.1 Å². The first-order chi connectivity index (χ1) is 10.1. The molecule has 21 heavy (non-hydrogen) atoms. The van der Waals surface area contributed by atoms with Crippen LogP contribution in [0.5, 0.6) is 0 Å². The Morgan fingerprint density at radius 3 is 2.86 bits per heavy atom. The van der Waals surface area contributed by atoms with Crippen LogP contribution >= 0.6 is 11.6 Å². The second kappa shape index (κ2) is 6.28. The van der Waals surface area contributed by atoms with Crippen molar-refractivity contribution >= 4 is 11.6 Å². The Hall–Kier alpha value is -0.570. The number of rotatable bonds is 5. The Morgan fingerprint density at radius 2 is 2.19 bits per heavy atom. The molecule has 2 atom stereocenters. The standard InChI is InChI=1S/C18H27ClN2/c1-3-5-17-11-20-18(2,15-8-9-15)13-21(17)12-14-6-4-7-16(19)10-14/h4,6-7,10,15,17,20H,3,5,8-9,11-13H2,1-2H3. The van der Waals surface area contributed by atoms with Crippen molar-refractivity contribution < 1.29 is 0 Å². The molecule has 1 aliphatic heterocycles. The number of hydrogen-bond donors (Lipinski definition) is 1. The molecule has 1 N–H and O–H groups in total. The summed E-state index contributed by atoms with van der Waals surface area (Å²) in [6, 6.07) is 8.99. The molecule has 1 heterocycles. The second-order valence-corrected chi connectivity index (χ2v) is 7.49. The van der Waals surface area contributed by atoms with Gasteiger partial charge in [0.25, 0.3) is 0 Å². The van der Waals surface area contributed by atoms with E-state index in [-0.39, 0.29) is 0 Å². The van der Waals surface area contributed by atoms with E-state index in [0.29, 0.717) is 11.6 Å². The Morgan fingerprint density at radius 1 is 1.38 bits per heavy atom. The van der Waals surface area contributed by atoms with Crippen LogP contribution in [-0.2, 0) is 6.54 Å². The minimum Gasteiger partial charge on any atom is -0.308 e. The summed E-state index contributed by atoms with van der Waals surface area (Å²) >= 11 is 6.15. The van der Waals surface area contributed by atoms with E-state index < -0.39 is 0 Å². The minimum atomic E-state index is 0.308. The van der Waals surface area contributed by atoms with E-state index >= 15 is 0 Å². The van der Waals surface area contributed by atoms with Gasteiger partial charge in [0, 0.05) is 36.2 Å². The molecular formula is C18H27ClN2. The molecule has 0 radical (unpaired) electrons. The van der Waals surface area contributed by atoms with Crippen LogP contribution in [0.25, 0.3) is 0 Å². The van der Waals surface area contributed by atoms with Crippen molar-refractivity contribution in [3.8, 4) is 0 Å². The van der Waals surface area contributed by atoms with Crippen molar-refractivity contribution in [1.29, 1.82) is 0 Å². The van der Waals surface area contributed by atoms with Gasteiger partial charge < -0.3 is 5.32 Å². The van der Waals surface area contributed by atoms with Gasteiger partial charge in [0.15, 0.2) is 0 Å². The summed E-state index contributed by atoms with van der Waals surface area (Å²) in [5.74, 6) is 0.877. The van der Waals surface area contributed by atoms with Crippen molar-refractivity contribution in [1.82, 2.24) is 10.2 Å². The maximum absolute atomic E-state index is 6.15. The average molecular weight is 307 g/mol. The number of piperazine rings is 1. The third-order valence-electron chi connectivity index (χ3n) is 5.16. The highest BCUT2D eigenvalue weighted by atomic mass is 35.5. The molecule has 1 saturated carbocycles. The van der Waals surface area contributed by atoms with Crippen LogP contribution in [0, 0.1) is 5.92 Å². The van der Waals surface area contributed by atoms with E-state index in [1.54, 1.807) is 0 Å². The molecule has 2 aliphatic rings. The first kappa shape index (κ1) is 15.3. The molecule has 3 rings (SSSR count). The lowest BCUT2D eigenvalue weighted by Crippen LogP contribution is -2.63. The van der Waals surface area contributed by atoms with Gasteiger partial charge in [-0.1, -0.05) is 37.1 Å². The van der Waals surface area contributed by atoms with Crippen molar-refractivity contribution in [2.45, 2.75) is 57.7 Å². The SMILES string of the molecule is CCCC1CNC(C)(C2CC2)CN1Cc1cccc(Cl)c1. The highest BCUT2D eigenvalue weighted by Gasteiger charge is 2.45. The van der Waals surface area contributed by atoms with Crippen LogP contribution in [-0.4, -0.2) is 29.6 Å². The lowest BCUT2D eigenvalue weighted by Gasteiger charge is -2.47. The molecule has 1 saturated heterocycles. The predicted octanol–water partition coefficient (Wildman–Crippen LogP) is 4.08. The fourth-order valence-corrected chi connectivity index (χ4v) is 3.97. The maximum atomic E-state index is 6.15. The fourth-order valence-electron chi connectivity index (χ4n) is 3.75. The van der Waals surface area contributed by atoms with Gasteiger partial charge in [-0.15, -0.1) is 0 Å². The van der Waals surface area contributed by atoms with E-state index in [1.807, 2.05) is 6.07 Å². The van der Waals surface area contributed by atoms with Crippen LogP contribution < -0.4 is 5.32 Å². The zero-order chi connectivity index (χ0) is 14.9. The van der Waals surface area contributed by atoms with Crippen LogP contribution in [0.3, 0.4) is 0 Å². The van der Waals surface area contributed by atoms with Crippen molar-refractivity contribution in [3.05, 3.63) is 34.9 Å². The summed E-state index contributed by atoms with van der Waals surface area (Å²) in [4.78, 5) is 2.68. The fraction of sp³-hybridized carbons (Fsp3) is 0.667. The summed E-state index contributed by atoms with van der Waals surface area (Å²) in [7, 11) is 0. The molecule has 1 aliphatic carbocycles. The Bertz CT molecular complexity index is 486. The quantitative estimate of drug-likeness (QED) is 0.881. The third kappa shape index (κ3) is 3.61. The van der Waals surface area contributed by atoms with Crippen LogP contribution in [0.2, 0.25) is 5.02 Å². The van der Waals surface area contributed by atoms with Crippen LogP contribution in [0.15, 0.2) is 24.3 Å². The number of hydrogen-bond acceptors (Lipinski definition) is 2. The number of halogens is 1. The van der Waals surface area contributed by atoms with Gasteiger partial charge in [0.1, 0.15) is 0 Å².